The van der Waals surface area contributed by atoms with Gasteiger partial charge in [0.25, 0.3) is 5.91 Å². The van der Waals surface area contributed by atoms with E-state index in [1.54, 1.807) is 48.5 Å². The normalized spacial score (nSPS) is 10.5. The predicted molar refractivity (Wildman–Crippen MR) is 109 cm³/mol. The molecule has 1 N–H and O–H groups in total. The summed E-state index contributed by atoms with van der Waals surface area (Å²) >= 11 is 5.81. The summed E-state index contributed by atoms with van der Waals surface area (Å²) in [6.45, 7) is 4.23. The standard InChI is InChI=1S/C21H22ClNO5/c1-3-26-17-10-11-19(27-4-2)18(13-17)23-20(24)14-28-21(25)12-7-15-5-8-16(22)9-6-15/h5-13H,3-4,14H2,1-2H3,(H,23,24)/b12-7+. The van der Waals surface area contributed by atoms with E-state index in [-0.39, 0.29) is 0 Å². The van der Waals surface area contributed by atoms with Crippen molar-refractivity contribution in [2.24, 2.45) is 0 Å². The minimum atomic E-state index is -0.627. The van der Waals surface area contributed by atoms with Crippen LogP contribution in [0.1, 0.15) is 19.4 Å². The Balaban J connectivity index is 1.91. The highest BCUT2D eigenvalue weighted by Crippen LogP contribution is 2.29. The van der Waals surface area contributed by atoms with Crippen LogP contribution in [0.15, 0.2) is 48.5 Å². The van der Waals surface area contributed by atoms with Gasteiger partial charge in [-0.05, 0) is 49.8 Å². The van der Waals surface area contributed by atoms with Crippen molar-refractivity contribution in [3.63, 3.8) is 0 Å². The van der Waals surface area contributed by atoms with Gasteiger partial charge >= 0.3 is 5.97 Å². The highest BCUT2D eigenvalue weighted by Gasteiger charge is 2.11. The van der Waals surface area contributed by atoms with Crippen LogP contribution in [0.3, 0.4) is 0 Å². The van der Waals surface area contributed by atoms with Gasteiger partial charge in [0.1, 0.15) is 11.5 Å². The number of hydrogen-bond acceptors (Lipinski definition) is 5. The molecule has 0 bridgehead atoms. The fraction of sp³-hybridized carbons (Fsp3) is 0.238. The molecule has 0 aliphatic rings. The van der Waals surface area contributed by atoms with Crippen LogP contribution in [0.2, 0.25) is 5.02 Å². The molecule has 1 amide bonds. The van der Waals surface area contributed by atoms with Crippen molar-refractivity contribution >= 4 is 35.2 Å². The summed E-state index contributed by atoms with van der Waals surface area (Å²) in [7, 11) is 0. The Morgan fingerprint density at radius 1 is 1.04 bits per heavy atom. The van der Waals surface area contributed by atoms with Crippen LogP contribution >= 0.6 is 11.6 Å². The number of carbonyl (C=O) groups is 2. The van der Waals surface area contributed by atoms with E-state index in [0.717, 1.165) is 5.56 Å². The van der Waals surface area contributed by atoms with Gasteiger partial charge in [-0.2, -0.15) is 0 Å². The van der Waals surface area contributed by atoms with Gasteiger partial charge in [0.05, 0.1) is 18.9 Å². The molecule has 0 radical (unpaired) electrons. The van der Waals surface area contributed by atoms with Crippen LogP contribution in [0.5, 0.6) is 11.5 Å². The quantitative estimate of drug-likeness (QED) is 0.498. The molecule has 0 saturated heterocycles. The van der Waals surface area contributed by atoms with Gasteiger partial charge in [-0.25, -0.2) is 4.79 Å². The first-order chi connectivity index (χ1) is 13.5. The third-order valence-electron chi connectivity index (χ3n) is 3.46. The number of halogens is 1. The summed E-state index contributed by atoms with van der Waals surface area (Å²) in [4.78, 5) is 23.9. The van der Waals surface area contributed by atoms with Crippen LogP contribution in [-0.2, 0) is 14.3 Å². The molecule has 0 fully saturated rings. The van der Waals surface area contributed by atoms with Crippen LogP contribution in [-0.4, -0.2) is 31.7 Å². The molecule has 0 aliphatic carbocycles. The van der Waals surface area contributed by atoms with Crippen molar-refractivity contribution in [1.29, 1.82) is 0 Å². The topological polar surface area (TPSA) is 73.9 Å². The maximum Gasteiger partial charge on any atom is 0.331 e. The lowest BCUT2D eigenvalue weighted by Crippen LogP contribution is -2.20. The molecule has 2 aromatic carbocycles. The number of nitrogens with one attached hydrogen (secondary N) is 1. The fourth-order valence-corrected chi connectivity index (χ4v) is 2.38. The average Bonchev–Trinajstić information content (AvgIpc) is 2.68. The molecular formula is C21H22ClNO5. The van der Waals surface area contributed by atoms with Crippen molar-refractivity contribution in [1.82, 2.24) is 0 Å². The maximum atomic E-state index is 12.1. The molecule has 0 aliphatic heterocycles. The number of esters is 1. The molecule has 7 heteroatoms. The highest BCUT2D eigenvalue weighted by molar-refractivity contribution is 6.30. The van der Waals surface area contributed by atoms with Crippen molar-refractivity contribution in [3.05, 3.63) is 59.1 Å². The lowest BCUT2D eigenvalue weighted by atomic mass is 10.2. The predicted octanol–water partition coefficient (Wildman–Crippen LogP) is 4.33. The summed E-state index contributed by atoms with van der Waals surface area (Å²) in [5.41, 5.74) is 1.24. The molecule has 2 rings (SSSR count). The molecule has 28 heavy (non-hydrogen) atoms. The highest BCUT2D eigenvalue weighted by atomic mass is 35.5. The number of amides is 1. The molecule has 0 aromatic heterocycles. The molecule has 148 valence electrons. The van der Waals surface area contributed by atoms with E-state index in [9.17, 15) is 9.59 Å². The second kappa shape index (κ2) is 11.0. The number of anilines is 1. The Morgan fingerprint density at radius 3 is 2.43 bits per heavy atom. The second-order valence-corrected chi connectivity index (χ2v) is 6.00. The Morgan fingerprint density at radius 2 is 1.75 bits per heavy atom. The van der Waals surface area contributed by atoms with Gasteiger partial charge in [-0.3, -0.25) is 4.79 Å². The molecule has 6 nitrogen and oxygen atoms in total. The first-order valence-electron chi connectivity index (χ1n) is 8.81. The smallest absolute Gasteiger partial charge is 0.331 e. The van der Waals surface area contributed by atoms with Gasteiger partial charge in [-0.1, -0.05) is 23.7 Å². The summed E-state index contributed by atoms with van der Waals surface area (Å²) in [5.74, 6) is -0.00143. The largest absolute Gasteiger partial charge is 0.494 e. The fourth-order valence-electron chi connectivity index (χ4n) is 2.25. The zero-order valence-electron chi connectivity index (χ0n) is 15.7. The Kier molecular flexibility index (Phi) is 8.37. The van der Waals surface area contributed by atoms with Crippen molar-refractivity contribution < 1.29 is 23.8 Å². The minimum absolute atomic E-state index is 0.422. The van der Waals surface area contributed by atoms with Crippen LogP contribution in [0, 0.1) is 0 Å². The van der Waals surface area contributed by atoms with Crippen LogP contribution in [0.4, 0.5) is 5.69 Å². The first-order valence-corrected chi connectivity index (χ1v) is 9.19. The number of benzene rings is 2. The van der Waals surface area contributed by atoms with Gasteiger partial charge < -0.3 is 19.5 Å². The van der Waals surface area contributed by atoms with E-state index in [2.05, 4.69) is 5.32 Å². The molecule has 2 aromatic rings. The van der Waals surface area contributed by atoms with Crippen LogP contribution < -0.4 is 14.8 Å². The third kappa shape index (κ3) is 6.96. The lowest BCUT2D eigenvalue weighted by Gasteiger charge is -2.13. The minimum Gasteiger partial charge on any atom is -0.494 e. The Bertz CT molecular complexity index is 833. The lowest BCUT2D eigenvalue weighted by molar-refractivity contribution is -0.142. The zero-order chi connectivity index (χ0) is 20.4. The van der Waals surface area contributed by atoms with E-state index < -0.39 is 18.5 Å². The molecule has 0 heterocycles. The van der Waals surface area contributed by atoms with E-state index in [4.69, 9.17) is 25.8 Å². The monoisotopic (exact) mass is 403 g/mol. The van der Waals surface area contributed by atoms with Gasteiger partial charge in [-0.15, -0.1) is 0 Å². The summed E-state index contributed by atoms with van der Waals surface area (Å²) in [6, 6.07) is 12.1. The SMILES string of the molecule is CCOc1ccc(OCC)c(NC(=O)COC(=O)/C=C/c2ccc(Cl)cc2)c1. The van der Waals surface area contributed by atoms with E-state index in [1.807, 2.05) is 13.8 Å². The van der Waals surface area contributed by atoms with Gasteiger partial charge in [0, 0.05) is 17.2 Å². The van der Waals surface area contributed by atoms with Crippen molar-refractivity contribution in [3.8, 4) is 11.5 Å². The summed E-state index contributed by atoms with van der Waals surface area (Å²) in [5, 5.41) is 3.28. The Labute approximate surface area is 169 Å². The zero-order valence-corrected chi connectivity index (χ0v) is 16.5. The number of ether oxygens (including phenoxy) is 3. The summed E-state index contributed by atoms with van der Waals surface area (Å²) < 4.78 is 15.9. The van der Waals surface area contributed by atoms with Gasteiger partial charge in [0.15, 0.2) is 6.61 Å². The van der Waals surface area contributed by atoms with E-state index in [1.165, 1.54) is 6.08 Å². The molecular weight excluding hydrogens is 382 g/mol. The number of hydrogen-bond donors (Lipinski definition) is 1. The summed E-state index contributed by atoms with van der Waals surface area (Å²) in [6.07, 6.45) is 2.83. The molecule has 0 spiro atoms. The van der Waals surface area contributed by atoms with Crippen molar-refractivity contribution in [2.75, 3.05) is 25.1 Å². The average molecular weight is 404 g/mol. The van der Waals surface area contributed by atoms with E-state index in [0.29, 0.717) is 35.4 Å². The Hall–Kier alpha value is -2.99. The third-order valence-corrected chi connectivity index (χ3v) is 3.72. The first kappa shape index (κ1) is 21.3. The number of rotatable bonds is 9. The van der Waals surface area contributed by atoms with Crippen LogP contribution in [0.25, 0.3) is 6.08 Å². The second-order valence-electron chi connectivity index (χ2n) is 5.56. The van der Waals surface area contributed by atoms with E-state index >= 15 is 0 Å². The molecule has 0 unspecified atom stereocenters. The van der Waals surface area contributed by atoms with Crippen molar-refractivity contribution in [2.45, 2.75) is 13.8 Å². The number of carbonyl (C=O) groups excluding carboxylic acids is 2. The molecule has 0 atom stereocenters. The molecule has 0 saturated carbocycles. The van der Waals surface area contributed by atoms with Gasteiger partial charge in [0.2, 0.25) is 0 Å². The maximum absolute atomic E-state index is 12.1.